The summed E-state index contributed by atoms with van der Waals surface area (Å²) in [6.45, 7) is 0. The summed E-state index contributed by atoms with van der Waals surface area (Å²) in [5.74, 6) is -1.02. The molecule has 0 N–H and O–H groups in total. The third-order valence-electron chi connectivity index (χ3n) is 3.13. The molecule has 2 atom stereocenters. The van der Waals surface area contributed by atoms with E-state index >= 15 is 0 Å². The van der Waals surface area contributed by atoms with Crippen LogP contribution in [0.15, 0.2) is 30.3 Å². The van der Waals surface area contributed by atoms with E-state index in [1.165, 1.54) is 7.11 Å². The Kier molecular flexibility index (Phi) is 3.04. The number of benzene rings is 1. The number of hydrogen-bond acceptors (Lipinski definition) is 3. The lowest BCUT2D eigenvalue weighted by Crippen LogP contribution is -2.25. The van der Waals surface area contributed by atoms with Gasteiger partial charge in [0, 0.05) is 12.3 Å². The minimum Gasteiger partial charge on any atom is -0.468 e. The Morgan fingerprint density at radius 1 is 1.31 bits per heavy atom. The van der Waals surface area contributed by atoms with Crippen molar-refractivity contribution in [2.75, 3.05) is 7.11 Å². The van der Waals surface area contributed by atoms with Crippen molar-refractivity contribution in [2.45, 2.75) is 18.8 Å². The van der Waals surface area contributed by atoms with E-state index in [9.17, 15) is 9.59 Å². The number of Topliss-reactive ketones (excluding diaryl/α,β-unsaturated/α-hetero) is 1. The van der Waals surface area contributed by atoms with Crippen LogP contribution < -0.4 is 0 Å². The van der Waals surface area contributed by atoms with Gasteiger partial charge in [-0.25, -0.2) is 0 Å². The molecule has 1 aliphatic rings. The molecule has 0 bridgehead atoms. The number of ether oxygens (including phenoxy) is 1. The molecule has 0 radical (unpaired) electrons. The molecule has 3 nitrogen and oxygen atoms in total. The fourth-order valence-corrected chi connectivity index (χ4v) is 2.33. The number of methoxy groups -OCH3 is 1. The fourth-order valence-electron chi connectivity index (χ4n) is 2.33. The molecule has 0 saturated heterocycles. The zero-order chi connectivity index (χ0) is 11.5. The van der Waals surface area contributed by atoms with Gasteiger partial charge in [0.05, 0.1) is 7.11 Å². The summed E-state index contributed by atoms with van der Waals surface area (Å²) in [7, 11) is 1.33. The van der Waals surface area contributed by atoms with E-state index in [0.29, 0.717) is 6.42 Å². The molecule has 1 aromatic rings. The van der Waals surface area contributed by atoms with Crippen LogP contribution in [0.4, 0.5) is 0 Å². The van der Waals surface area contributed by atoms with Crippen molar-refractivity contribution in [1.29, 1.82) is 0 Å². The lowest BCUT2D eigenvalue weighted by Gasteiger charge is -2.16. The molecular formula is C13H14O3. The first kappa shape index (κ1) is 10.9. The SMILES string of the molecule is COC(=O)C1C(=O)CC[C@H]1c1ccccc1. The summed E-state index contributed by atoms with van der Waals surface area (Å²) in [6.07, 6.45) is 1.21. The van der Waals surface area contributed by atoms with Gasteiger partial charge in [-0.1, -0.05) is 30.3 Å². The topological polar surface area (TPSA) is 43.4 Å². The van der Waals surface area contributed by atoms with E-state index in [2.05, 4.69) is 0 Å². The molecule has 1 unspecified atom stereocenters. The Hall–Kier alpha value is -1.64. The van der Waals surface area contributed by atoms with Crippen LogP contribution in [-0.2, 0) is 14.3 Å². The summed E-state index contributed by atoms with van der Waals surface area (Å²) in [5.41, 5.74) is 1.05. The van der Waals surface area contributed by atoms with E-state index < -0.39 is 11.9 Å². The number of rotatable bonds is 2. The van der Waals surface area contributed by atoms with Gasteiger partial charge in [-0.3, -0.25) is 9.59 Å². The van der Waals surface area contributed by atoms with Crippen LogP contribution in [0.1, 0.15) is 24.3 Å². The smallest absolute Gasteiger partial charge is 0.316 e. The summed E-state index contributed by atoms with van der Waals surface area (Å²) < 4.78 is 4.70. The maximum absolute atomic E-state index is 11.7. The summed E-state index contributed by atoms with van der Waals surface area (Å²) in [5, 5.41) is 0. The van der Waals surface area contributed by atoms with E-state index in [1.54, 1.807) is 0 Å². The summed E-state index contributed by atoms with van der Waals surface area (Å²) in [6, 6.07) is 9.69. The van der Waals surface area contributed by atoms with Crippen molar-refractivity contribution < 1.29 is 14.3 Å². The van der Waals surface area contributed by atoms with Crippen molar-refractivity contribution in [3.63, 3.8) is 0 Å². The average molecular weight is 218 g/mol. The second kappa shape index (κ2) is 4.47. The zero-order valence-electron chi connectivity index (χ0n) is 9.18. The quantitative estimate of drug-likeness (QED) is 0.562. The third-order valence-corrected chi connectivity index (χ3v) is 3.13. The minimum atomic E-state index is -0.604. The number of esters is 1. The first-order valence-corrected chi connectivity index (χ1v) is 5.39. The van der Waals surface area contributed by atoms with Gasteiger partial charge in [0.2, 0.25) is 0 Å². The van der Waals surface area contributed by atoms with Crippen molar-refractivity contribution >= 4 is 11.8 Å². The monoisotopic (exact) mass is 218 g/mol. The summed E-state index contributed by atoms with van der Waals surface area (Å²) >= 11 is 0. The van der Waals surface area contributed by atoms with Crippen LogP contribution in [0.3, 0.4) is 0 Å². The highest BCUT2D eigenvalue weighted by molar-refractivity contribution is 6.01. The van der Waals surface area contributed by atoms with Crippen LogP contribution in [-0.4, -0.2) is 18.9 Å². The maximum Gasteiger partial charge on any atom is 0.316 e. The predicted octanol–water partition coefficient (Wildman–Crippen LogP) is 1.92. The Labute approximate surface area is 94.4 Å². The molecule has 84 valence electrons. The maximum atomic E-state index is 11.7. The number of carbonyl (C=O) groups excluding carboxylic acids is 2. The van der Waals surface area contributed by atoms with Gasteiger partial charge < -0.3 is 4.74 Å². The van der Waals surface area contributed by atoms with Crippen LogP contribution in [0.5, 0.6) is 0 Å². The van der Waals surface area contributed by atoms with E-state index in [-0.39, 0.29) is 11.7 Å². The molecule has 3 heteroatoms. The molecule has 1 saturated carbocycles. The Morgan fingerprint density at radius 3 is 2.62 bits per heavy atom. The van der Waals surface area contributed by atoms with Gasteiger partial charge in [0.1, 0.15) is 11.7 Å². The van der Waals surface area contributed by atoms with Gasteiger partial charge in [-0.05, 0) is 12.0 Å². The van der Waals surface area contributed by atoms with Gasteiger partial charge in [-0.2, -0.15) is 0 Å². The highest BCUT2D eigenvalue weighted by Gasteiger charge is 2.41. The number of carbonyl (C=O) groups is 2. The van der Waals surface area contributed by atoms with Crippen LogP contribution >= 0.6 is 0 Å². The third kappa shape index (κ3) is 1.85. The molecule has 0 heterocycles. The lowest BCUT2D eigenvalue weighted by atomic mass is 9.89. The predicted molar refractivity (Wildman–Crippen MR) is 58.9 cm³/mol. The molecule has 0 aromatic heterocycles. The van der Waals surface area contributed by atoms with Crippen molar-refractivity contribution in [3.05, 3.63) is 35.9 Å². The summed E-state index contributed by atoms with van der Waals surface area (Å²) in [4.78, 5) is 23.2. The Bertz CT molecular complexity index is 397. The van der Waals surface area contributed by atoms with Crippen LogP contribution in [0.2, 0.25) is 0 Å². The average Bonchev–Trinajstić information content (AvgIpc) is 2.71. The largest absolute Gasteiger partial charge is 0.468 e. The number of ketones is 1. The fraction of sp³-hybridized carbons (Fsp3) is 0.385. The molecule has 2 rings (SSSR count). The highest BCUT2D eigenvalue weighted by atomic mass is 16.5. The van der Waals surface area contributed by atoms with Gasteiger partial charge in [0.25, 0.3) is 0 Å². The molecule has 0 amide bonds. The highest BCUT2D eigenvalue weighted by Crippen LogP contribution is 2.37. The van der Waals surface area contributed by atoms with E-state index in [1.807, 2.05) is 30.3 Å². The lowest BCUT2D eigenvalue weighted by molar-refractivity contribution is -0.148. The molecule has 0 spiro atoms. The molecule has 0 aliphatic heterocycles. The van der Waals surface area contributed by atoms with E-state index in [4.69, 9.17) is 4.74 Å². The Morgan fingerprint density at radius 2 is 2.00 bits per heavy atom. The van der Waals surface area contributed by atoms with Crippen LogP contribution in [0.25, 0.3) is 0 Å². The normalized spacial score (nSPS) is 24.4. The van der Waals surface area contributed by atoms with Gasteiger partial charge in [-0.15, -0.1) is 0 Å². The second-order valence-electron chi connectivity index (χ2n) is 4.02. The number of hydrogen-bond donors (Lipinski definition) is 0. The van der Waals surface area contributed by atoms with Gasteiger partial charge in [0.15, 0.2) is 0 Å². The molecule has 16 heavy (non-hydrogen) atoms. The van der Waals surface area contributed by atoms with Crippen LogP contribution in [0, 0.1) is 5.92 Å². The van der Waals surface area contributed by atoms with Gasteiger partial charge >= 0.3 is 5.97 Å². The van der Waals surface area contributed by atoms with E-state index in [0.717, 1.165) is 12.0 Å². The zero-order valence-corrected chi connectivity index (χ0v) is 9.18. The van der Waals surface area contributed by atoms with Crippen molar-refractivity contribution in [2.24, 2.45) is 5.92 Å². The van der Waals surface area contributed by atoms with Crippen molar-refractivity contribution in [1.82, 2.24) is 0 Å². The minimum absolute atomic E-state index is 0.000651. The van der Waals surface area contributed by atoms with Crippen molar-refractivity contribution in [3.8, 4) is 0 Å². The second-order valence-corrected chi connectivity index (χ2v) is 4.02. The Balaban J connectivity index is 2.28. The first-order chi connectivity index (χ1) is 7.74. The standard InChI is InChI=1S/C13H14O3/c1-16-13(15)12-10(7-8-11(12)14)9-5-3-2-4-6-9/h2-6,10,12H,7-8H2,1H3/t10-,12?/m0/s1. The molecule has 1 aliphatic carbocycles. The molecular weight excluding hydrogens is 204 g/mol. The molecule has 1 fully saturated rings. The first-order valence-electron chi connectivity index (χ1n) is 5.39. The molecule has 1 aromatic carbocycles.